The van der Waals surface area contributed by atoms with E-state index >= 15 is 0 Å². The number of carbonyl (C=O) groups is 2. The zero-order chi connectivity index (χ0) is 20.4. The van der Waals surface area contributed by atoms with Crippen LogP contribution in [0, 0.1) is 6.92 Å². The molecule has 0 spiro atoms. The van der Waals surface area contributed by atoms with Crippen molar-refractivity contribution >= 4 is 48.0 Å². The van der Waals surface area contributed by atoms with Gasteiger partial charge in [0.05, 0.1) is 6.04 Å². The molecule has 0 aromatic heterocycles. The fraction of sp³-hybridized carbons (Fsp3) is 0.300. The molecule has 0 bridgehead atoms. The van der Waals surface area contributed by atoms with Crippen LogP contribution in [-0.2, 0) is 4.79 Å². The van der Waals surface area contributed by atoms with Gasteiger partial charge in [0, 0.05) is 33.2 Å². The zero-order valence-electron chi connectivity index (χ0n) is 15.4. The highest BCUT2D eigenvalue weighted by atomic mass is 35.5. The molecule has 1 saturated heterocycles. The Morgan fingerprint density at radius 1 is 1.15 bits per heavy atom. The molecule has 1 aliphatic rings. The lowest BCUT2D eigenvalue weighted by atomic mass is 9.96. The van der Waals surface area contributed by atoms with Crippen LogP contribution in [0.2, 0.25) is 10.0 Å². The molecular formula is C20H24Cl2N2O2S. The fourth-order valence-electron chi connectivity index (χ4n) is 2.37. The van der Waals surface area contributed by atoms with Crippen molar-refractivity contribution in [3.63, 3.8) is 0 Å². The molecule has 2 aromatic rings. The molecule has 7 heteroatoms. The minimum atomic E-state index is -0.324. The second kappa shape index (κ2) is 12.2. The molecule has 1 unspecified atom stereocenters. The number of benzene rings is 2. The van der Waals surface area contributed by atoms with E-state index < -0.39 is 0 Å². The number of rotatable bonds is 4. The van der Waals surface area contributed by atoms with E-state index in [0.717, 1.165) is 29.0 Å². The van der Waals surface area contributed by atoms with Crippen LogP contribution in [0.1, 0.15) is 33.1 Å². The predicted molar refractivity (Wildman–Crippen MR) is 116 cm³/mol. The summed E-state index contributed by atoms with van der Waals surface area (Å²) in [5.74, 6) is 2.63. The molecule has 1 aliphatic heterocycles. The van der Waals surface area contributed by atoms with Crippen LogP contribution in [0.3, 0.4) is 0 Å². The van der Waals surface area contributed by atoms with Crippen LogP contribution in [0.25, 0.3) is 0 Å². The minimum absolute atomic E-state index is 0.324. The Kier molecular flexibility index (Phi) is 10.7. The third kappa shape index (κ3) is 7.28. The van der Waals surface area contributed by atoms with Crippen molar-refractivity contribution in [3.8, 4) is 0 Å². The van der Waals surface area contributed by atoms with E-state index in [1.54, 1.807) is 24.3 Å². The number of hydrogen-bond acceptors (Lipinski definition) is 5. The highest BCUT2D eigenvalue weighted by Gasteiger charge is 2.14. The molecule has 0 amide bonds. The maximum Gasteiger partial charge on any atom is 0.150 e. The summed E-state index contributed by atoms with van der Waals surface area (Å²) in [6, 6.07) is 11.3. The average Bonchev–Trinajstić information content (AvgIpc) is 2.61. The van der Waals surface area contributed by atoms with Gasteiger partial charge in [-0.1, -0.05) is 41.4 Å². The van der Waals surface area contributed by atoms with Gasteiger partial charge in [0.15, 0.2) is 0 Å². The molecule has 3 rings (SSSR count). The summed E-state index contributed by atoms with van der Waals surface area (Å²) >= 11 is 14.0. The van der Waals surface area contributed by atoms with Crippen LogP contribution in [0.4, 0.5) is 0 Å². The van der Waals surface area contributed by atoms with E-state index in [1.165, 1.54) is 11.5 Å². The molecule has 0 saturated carbocycles. The number of halogens is 2. The lowest BCUT2D eigenvalue weighted by Gasteiger charge is -2.23. The van der Waals surface area contributed by atoms with Crippen LogP contribution in [-0.4, -0.2) is 37.7 Å². The first-order valence-corrected chi connectivity index (χ1v) is 10.2. The third-order valence-electron chi connectivity index (χ3n) is 4.07. The summed E-state index contributed by atoms with van der Waals surface area (Å²) < 4.78 is 0. The summed E-state index contributed by atoms with van der Waals surface area (Å²) in [6.07, 6.45) is 0.834. The van der Waals surface area contributed by atoms with Crippen molar-refractivity contribution in [2.24, 2.45) is 5.73 Å². The van der Waals surface area contributed by atoms with E-state index in [-0.39, 0.29) is 6.04 Å². The quantitative estimate of drug-likeness (QED) is 0.712. The van der Waals surface area contributed by atoms with Crippen molar-refractivity contribution in [2.45, 2.75) is 19.0 Å². The van der Waals surface area contributed by atoms with Gasteiger partial charge >= 0.3 is 0 Å². The Bertz CT molecular complexity index is 732. The first kappa shape index (κ1) is 23.7. The Morgan fingerprint density at radius 3 is 2.11 bits per heavy atom. The first-order valence-electron chi connectivity index (χ1n) is 8.25. The Morgan fingerprint density at radius 2 is 1.74 bits per heavy atom. The van der Waals surface area contributed by atoms with E-state index in [1.807, 2.05) is 44.7 Å². The van der Waals surface area contributed by atoms with Crippen molar-refractivity contribution < 1.29 is 9.59 Å². The Balaban J connectivity index is 0.000000381. The largest absolute Gasteiger partial charge is 0.320 e. The van der Waals surface area contributed by atoms with Crippen LogP contribution in [0.5, 0.6) is 0 Å². The first-order chi connectivity index (χ1) is 12.9. The number of nitrogens with one attached hydrogen (secondary N) is 1. The maximum atomic E-state index is 10.8. The Labute approximate surface area is 174 Å². The summed E-state index contributed by atoms with van der Waals surface area (Å²) in [6.45, 7) is 3.88. The van der Waals surface area contributed by atoms with Gasteiger partial charge < -0.3 is 15.8 Å². The number of carbonyl (C=O) groups excluding carboxylic acids is 2. The molecule has 146 valence electrons. The van der Waals surface area contributed by atoms with Crippen molar-refractivity contribution in [2.75, 3.05) is 18.6 Å². The lowest BCUT2D eigenvalue weighted by molar-refractivity contribution is -0.0980. The second-order valence-electron chi connectivity index (χ2n) is 5.94. The molecule has 1 fully saturated rings. The van der Waals surface area contributed by atoms with Gasteiger partial charge in [-0.05, 0) is 48.9 Å². The number of hydrogen-bond donors (Lipinski definition) is 2. The van der Waals surface area contributed by atoms with Gasteiger partial charge in [-0.2, -0.15) is 11.8 Å². The average molecular weight is 427 g/mol. The van der Waals surface area contributed by atoms with Crippen LogP contribution in [0.15, 0.2) is 36.4 Å². The van der Waals surface area contributed by atoms with Gasteiger partial charge in [-0.3, -0.25) is 4.79 Å². The van der Waals surface area contributed by atoms with Crippen molar-refractivity contribution in [3.05, 3.63) is 68.7 Å². The summed E-state index contributed by atoms with van der Waals surface area (Å²) in [5.41, 5.74) is 9.54. The van der Waals surface area contributed by atoms with E-state index in [0.29, 0.717) is 15.6 Å². The molecule has 4 nitrogen and oxygen atoms in total. The normalized spacial score (nSPS) is 14.0. The standard InChI is InChI=1S/C15H13Cl2NO.C4H9NS.CH2O/c1-9-4-10(2-3-11(9)8-19)15(18)12-5-13(16)7-14(17)6-12;1-5-4-2-6-3-4;1-2/h2-8,15H,18H2,1H3;4-5H,2-3H2,1H3;1H2. The molecule has 1 heterocycles. The predicted octanol–water partition coefficient (Wildman–Crippen LogP) is 4.30. The maximum absolute atomic E-state index is 10.8. The molecule has 0 aliphatic carbocycles. The number of thioether (sulfide) groups is 1. The van der Waals surface area contributed by atoms with Crippen molar-refractivity contribution in [1.82, 2.24) is 5.32 Å². The van der Waals surface area contributed by atoms with Gasteiger partial charge in [-0.15, -0.1) is 0 Å². The van der Waals surface area contributed by atoms with Gasteiger partial charge in [0.2, 0.25) is 0 Å². The molecule has 2 aromatic carbocycles. The lowest BCUT2D eigenvalue weighted by Crippen LogP contribution is -2.37. The minimum Gasteiger partial charge on any atom is -0.320 e. The topological polar surface area (TPSA) is 72.2 Å². The number of aldehydes is 1. The van der Waals surface area contributed by atoms with E-state index in [4.69, 9.17) is 33.7 Å². The fourth-order valence-corrected chi connectivity index (χ4v) is 3.72. The summed E-state index contributed by atoms with van der Waals surface area (Å²) in [7, 11) is 2.02. The number of nitrogens with two attached hydrogens (primary N) is 1. The van der Waals surface area contributed by atoms with Gasteiger partial charge in [0.1, 0.15) is 13.1 Å². The molecule has 3 N–H and O–H groups in total. The smallest absolute Gasteiger partial charge is 0.150 e. The van der Waals surface area contributed by atoms with Crippen molar-refractivity contribution in [1.29, 1.82) is 0 Å². The van der Waals surface area contributed by atoms with Crippen LogP contribution >= 0.6 is 35.0 Å². The molecule has 27 heavy (non-hydrogen) atoms. The summed E-state index contributed by atoms with van der Waals surface area (Å²) in [5, 5.41) is 4.29. The molecule has 0 radical (unpaired) electrons. The SMILES string of the molecule is C=O.CNC1CSC1.Cc1cc(C(N)c2cc(Cl)cc(Cl)c2)ccc1C=O. The van der Waals surface area contributed by atoms with E-state index in [2.05, 4.69) is 5.32 Å². The highest BCUT2D eigenvalue weighted by molar-refractivity contribution is 8.00. The third-order valence-corrected chi connectivity index (χ3v) is 5.78. The number of aryl methyl sites for hydroxylation is 1. The summed E-state index contributed by atoms with van der Waals surface area (Å²) in [4.78, 5) is 18.8. The van der Waals surface area contributed by atoms with Gasteiger partial charge in [0.25, 0.3) is 0 Å². The molecule has 1 atom stereocenters. The van der Waals surface area contributed by atoms with Crippen LogP contribution < -0.4 is 11.1 Å². The molecular weight excluding hydrogens is 403 g/mol. The second-order valence-corrected chi connectivity index (χ2v) is 7.89. The van der Waals surface area contributed by atoms with E-state index in [9.17, 15) is 4.79 Å². The Hall–Kier alpha value is -1.37. The monoisotopic (exact) mass is 426 g/mol. The zero-order valence-corrected chi connectivity index (χ0v) is 17.7. The van der Waals surface area contributed by atoms with Gasteiger partial charge in [-0.25, -0.2) is 0 Å². The highest BCUT2D eigenvalue weighted by Crippen LogP contribution is 2.27.